The molecule has 1 aliphatic rings. The van der Waals surface area contributed by atoms with Crippen LogP contribution < -0.4 is 5.73 Å². The monoisotopic (exact) mass is 170 g/mol. The second-order valence-corrected chi connectivity index (χ2v) is 3.74. The molecule has 1 aliphatic heterocycles. The van der Waals surface area contributed by atoms with Gasteiger partial charge in [0.05, 0.1) is 5.70 Å². The number of hydrogen-bond donors (Lipinski definition) is 1. The molecular formula is C8H14N2S. The van der Waals surface area contributed by atoms with Crippen LogP contribution in [0.2, 0.25) is 0 Å². The van der Waals surface area contributed by atoms with E-state index in [4.69, 9.17) is 5.73 Å². The normalized spacial score (nSPS) is 18.2. The van der Waals surface area contributed by atoms with Crippen LogP contribution in [0, 0.1) is 5.92 Å². The summed E-state index contributed by atoms with van der Waals surface area (Å²) < 4.78 is 0. The van der Waals surface area contributed by atoms with Crippen LogP contribution in [0.1, 0.15) is 13.8 Å². The molecule has 0 aromatic rings. The second-order valence-electron chi connectivity index (χ2n) is 2.88. The molecule has 0 fully saturated rings. The number of rotatable bonds is 2. The van der Waals surface area contributed by atoms with E-state index in [1.807, 2.05) is 5.41 Å². The van der Waals surface area contributed by atoms with Crippen LogP contribution in [0.3, 0.4) is 0 Å². The highest BCUT2D eigenvalue weighted by Gasteiger charge is 2.09. The summed E-state index contributed by atoms with van der Waals surface area (Å²) in [5, 5.41) is 2.05. The summed E-state index contributed by atoms with van der Waals surface area (Å²) in [4.78, 5) is 4.43. The highest BCUT2D eigenvalue weighted by molar-refractivity contribution is 8.02. The molecule has 0 amide bonds. The van der Waals surface area contributed by atoms with E-state index in [0.29, 0.717) is 12.5 Å². The van der Waals surface area contributed by atoms with Crippen molar-refractivity contribution in [3.63, 3.8) is 0 Å². The van der Waals surface area contributed by atoms with Gasteiger partial charge in [0.25, 0.3) is 0 Å². The summed E-state index contributed by atoms with van der Waals surface area (Å²) in [5.74, 6) is 1.58. The van der Waals surface area contributed by atoms with Crippen LogP contribution in [0.4, 0.5) is 0 Å². The van der Waals surface area contributed by atoms with Gasteiger partial charge in [-0.3, -0.25) is 4.99 Å². The van der Waals surface area contributed by atoms with Crippen molar-refractivity contribution < 1.29 is 0 Å². The van der Waals surface area contributed by atoms with E-state index >= 15 is 0 Å². The van der Waals surface area contributed by atoms with Gasteiger partial charge in [0.2, 0.25) is 0 Å². The Bertz CT molecular complexity index is 194. The lowest BCUT2D eigenvalue weighted by atomic mass is 10.1. The zero-order chi connectivity index (χ0) is 8.27. The quantitative estimate of drug-likeness (QED) is 0.684. The van der Waals surface area contributed by atoms with Gasteiger partial charge in [-0.25, -0.2) is 0 Å². The second kappa shape index (κ2) is 3.93. The maximum Gasteiger partial charge on any atom is 0.0602 e. The Morgan fingerprint density at radius 1 is 1.73 bits per heavy atom. The van der Waals surface area contributed by atoms with Crippen molar-refractivity contribution in [1.82, 2.24) is 0 Å². The lowest BCUT2D eigenvalue weighted by Gasteiger charge is -2.13. The van der Waals surface area contributed by atoms with Crippen molar-refractivity contribution in [3.05, 3.63) is 11.1 Å². The van der Waals surface area contributed by atoms with E-state index in [-0.39, 0.29) is 0 Å². The summed E-state index contributed by atoms with van der Waals surface area (Å²) in [6.07, 6.45) is 0. The standard InChI is InChI=1S/C8H14N2S/c1-6(2)8-5-11-4-7(3-9)10-8/h4,6H,3,5,9H2,1-2H3. The van der Waals surface area contributed by atoms with Crippen LogP contribution in [0.15, 0.2) is 16.1 Å². The average Bonchev–Trinajstić information content (AvgIpc) is 2.05. The van der Waals surface area contributed by atoms with Crippen molar-refractivity contribution in [2.45, 2.75) is 13.8 Å². The number of aliphatic imine (C=N–C) groups is 1. The smallest absolute Gasteiger partial charge is 0.0602 e. The minimum Gasteiger partial charge on any atom is -0.325 e. The molecule has 1 rings (SSSR count). The van der Waals surface area contributed by atoms with Gasteiger partial charge in [0, 0.05) is 18.0 Å². The molecule has 2 nitrogen and oxygen atoms in total. The predicted molar refractivity (Wildman–Crippen MR) is 51.9 cm³/mol. The lowest BCUT2D eigenvalue weighted by Crippen LogP contribution is -2.15. The minimum atomic E-state index is 0.553. The van der Waals surface area contributed by atoms with Gasteiger partial charge in [-0.05, 0) is 11.3 Å². The number of hydrogen-bond acceptors (Lipinski definition) is 3. The van der Waals surface area contributed by atoms with Crippen LogP contribution in [-0.4, -0.2) is 18.0 Å². The zero-order valence-electron chi connectivity index (χ0n) is 7.00. The maximum atomic E-state index is 5.48. The fourth-order valence-corrected chi connectivity index (χ4v) is 1.85. The fraction of sp³-hybridized carbons (Fsp3) is 0.625. The van der Waals surface area contributed by atoms with Gasteiger partial charge in [-0.2, -0.15) is 0 Å². The summed E-state index contributed by atoms with van der Waals surface area (Å²) >= 11 is 1.79. The Labute approximate surface area is 72.0 Å². The Kier molecular flexibility index (Phi) is 3.15. The molecule has 0 unspecified atom stereocenters. The molecule has 0 atom stereocenters. The lowest BCUT2D eigenvalue weighted by molar-refractivity contribution is 0.873. The molecule has 0 aromatic heterocycles. The van der Waals surface area contributed by atoms with Crippen molar-refractivity contribution in [1.29, 1.82) is 0 Å². The summed E-state index contributed by atoms with van der Waals surface area (Å²) in [5.41, 5.74) is 7.76. The maximum absolute atomic E-state index is 5.48. The molecule has 2 N–H and O–H groups in total. The Balaban J connectivity index is 2.68. The highest BCUT2D eigenvalue weighted by Crippen LogP contribution is 2.18. The molecule has 0 radical (unpaired) electrons. The van der Waals surface area contributed by atoms with E-state index in [1.54, 1.807) is 11.8 Å². The predicted octanol–water partition coefficient (Wildman–Crippen LogP) is 1.63. The SMILES string of the molecule is CC(C)C1=NC(CN)=CSC1. The molecule has 0 aromatic carbocycles. The third-order valence-electron chi connectivity index (χ3n) is 1.61. The van der Waals surface area contributed by atoms with Crippen molar-refractivity contribution in [2.24, 2.45) is 16.6 Å². The van der Waals surface area contributed by atoms with Gasteiger partial charge in [-0.1, -0.05) is 13.8 Å². The summed E-state index contributed by atoms with van der Waals surface area (Å²) in [6.45, 7) is 4.89. The molecule has 0 saturated carbocycles. The van der Waals surface area contributed by atoms with Crippen LogP contribution in [0.5, 0.6) is 0 Å². The first-order chi connectivity index (χ1) is 5.24. The molecule has 0 bridgehead atoms. The molecule has 11 heavy (non-hydrogen) atoms. The molecule has 0 saturated heterocycles. The molecular weight excluding hydrogens is 156 g/mol. The molecule has 1 heterocycles. The van der Waals surface area contributed by atoms with Crippen LogP contribution in [0.25, 0.3) is 0 Å². The first kappa shape index (κ1) is 8.81. The van der Waals surface area contributed by atoms with Crippen molar-refractivity contribution in [3.8, 4) is 0 Å². The third-order valence-corrected chi connectivity index (χ3v) is 2.51. The van der Waals surface area contributed by atoms with Crippen LogP contribution >= 0.6 is 11.8 Å². The fourth-order valence-electron chi connectivity index (χ4n) is 0.856. The van der Waals surface area contributed by atoms with Gasteiger partial charge in [0.15, 0.2) is 0 Å². The first-order valence-corrected chi connectivity index (χ1v) is 4.87. The zero-order valence-corrected chi connectivity index (χ0v) is 7.82. The Morgan fingerprint density at radius 2 is 2.45 bits per heavy atom. The van der Waals surface area contributed by atoms with E-state index in [0.717, 1.165) is 11.4 Å². The Morgan fingerprint density at radius 3 is 3.00 bits per heavy atom. The average molecular weight is 170 g/mol. The number of nitrogens with zero attached hydrogens (tertiary/aromatic N) is 1. The number of nitrogens with two attached hydrogens (primary N) is 1. The van der Waals surface area contributed by atoms with E-state index in [9.17, 15) is 0 Å². The summed E-state index contributed by atoms with van der Waals surface area (Å²) in [7, 11) is 0. The van der Waals surface area contributed by atoms with E-state index in [2.05, 4.69) is 18.8 Å². The molecule has 62 valence electrons. The first-order valence-electron chi connectivity index (χ1n) is 3.82. The topological polar surface area (TPSA) is 38.4 Å². The van der Waals surface area contributed by atoms with E-state index in [1.165, 1.54) is 5.71 Å². The van der Waals surface area contributed by atoms with E-state index < -0.39 is 0 Å². The largest absolute Gasteiger partial charge is 0.325 e. The van der Waals surface area contributed by atoms with Gasteiger partial charge in [-0.15, -0.1) is 11.8 Å². The molecule has 3 heteroatoms. The van der Waals surface area contributed by atoms with Gasteiger partial charge in [0.1, 0.15) is 0 Å². The highest BCUT2D eigenvalue weighted by atomic mass is 32.2. The van der Waals surface area contributed by atoms with Crippen molar-refractivity contribution in [2.75, 3.05) is 12.3 Å². The molecule has 0 spiro atoms. The summed E-state index contributed by atoms with van der Waals surface area (Å²) in [6, 6.07) is 0. The minimum absolute atomic E-state index is 0.553. The van der Waals surface area contributed by atoms with Crippen molar-refractivity contribution >= 4 is 17.5 Å². The van der Waals surface area contributed by atoms with Crippen LogP contribution in [-0.2, 0) is 0 Å². The van der Waals surface area contributed by atoms with Gasteiger partial charge >= 0.3 is 0 Å². The third kappa shape index (κ3) is 2.34. The van der Waals surface area contributed by atoms with Gasteiger partial charge < -0.3 is 5.73 Å². The number of thioether (sulfide) groups is 1. The molecule has 0 aliphatic carbocycles. The Hall–Kier alpha value is -0.280.